The Balaban J connectivity index is 0.00000225. The summed E-state index contributed by atoms with van der Waals surface area (Å²) in [5.41, 5.74) is 1.34. The van der Waals surface area contributed by atoms with Crippen LogP contribution in [-0.4, -0.2) is 25.0 Å². The number of nitrogens with one attached hydrogen (secondary N) is 1. The molecule has 2 nitrogen and oxygen atoms in total. The highest BCUT2D eigenvalue weighted by molar-refractivity contribution is 9.09. The van der Waals surface area contributed by atoms with Gasteiger partial charge in [0.1, 0.15) is 5.75 Å². The first-order chi connectivity index (χ1) is 7.22. The van der Waals surface area contributed by atoms with Gasteiger partial charge in [0, 0.05) is 11.4 Å². The third-order valence-electron chi connectivity index (χ3n) is 2.18. The minimum absolute atomic E-state index is 0. The minimum Gasteiger partial charge on any atom is -0.497 e. The molecular weight excluding hydrogens is 334 g/mol. The number of hydrogen-bond acceptors (Lipinski definition) is 2. The predicted octanol–water partition coefficient (Wildman–Crippen LogP) is 3.19. The maximum Gasteiger partial charge on any atom is 0.118 e. The predicted molar refractivity (Wildman–Crippen MR) is 78.3 cm³/mol. The van der Waals surface area contributed by atoms with E-state index < -0.39 is 0 Å². The van der Waals surface area contributed by atoms with Crippen molar-refractivity contribution < 1.29 is 4.74 Å². The van der Waals surface area contributed by atoms with E-state index >= 15 is 0 Å². The van der Waals surface area contributed by atoms with Gasteiger partial charge in [0.05, 0.1) is 7.11 Å². The van der Waals surface area contributed by atoms with Gasteiger partial charge < -0.3 is 10.1 Å². The standard InChI is InChI=1S/C12H18BrNO.BrH/c1-10(13)9-14-8-7-11-3-5-12(15-2)6-4-11;/h3-6,10,14H,7-9H2,1-2H3;1H. The number of benzene rings is 1. The fourth-order valence-electron chi connectivity index (χ4n) is 1.33. The smallest absolute Gasteiger partial charge is 0.118 e. The van der Waals surface area contributed by atoms with E-state index in [1.807, 2.05) is 12.1 Å². The lowest BCUT2D eigenvalue weighted by Crippen LogP contribution is -2.23. The van der Waals surface area contributed by atoms with Gasteiger partial charge in [-0.15, -0.1) is 17.0 Å². The van der Waals surface area contributed by atoms with Crippen molar-refractivity contribution in [2.75, 3.05) is 20.2 Å². The molecular formula is C12H19Br2NO. The molecule has 0 radical (unpaired) electrons. The maximum atomic E-state index is 5.10. The average Bonchev–Trinajstić information content (AvgIpc) is 2.25. The number of ether oxygens (including phenoxy) is 1. The molecule has 0 aromatic heterocycles. The van der Waals surface area contributed by atoms with Gasteiger partial charge in [-0.3, -0.25) is 0 Å². The Hall–Kier alpha value is -0.0600. The summed E-state index contributed by atoms with van der Waals surface area (Å²) in [5, 5.41) is 3.38. The molecule has 1 N–H and O–H groups in total. The van der Waals surface area contributed by atoms with Crippen LogP contribution in [0.5, 0.6) is 5.75 Å². The third kappa shape index (κ3) is 6.51. The molecule has 1 unspecified atom stereocenters. The van der Waals surface area contributed by atoms with Crippen LogP contribution in [0.1, 0.15) is 12.5 Å². The van der Waals surface area contributed by atoms with E-state index in [-0.39, 0.29) is 17.0 Å². The van der Waals surface area contributed by atoms with Crippen molar-refractivity contribution in [3.63, 3.8) is 0 Å². The molecule has 0 heterocycles. The van der Waals surface area contributed by atoms with Crippen molar-refractivity contribution in [3.8, 4) is 5.75 Å². The monoisotopic (exact) mass is 351 g/mol. The Morgan fingerprint density at radius 3 is 2.44 bits per heavy atom. The summed E-state index contributed by atoms with van der Waals surface area (Å²) in [6.07, 6.45) is 1.06. The lowest BCUT2D eigenvalue weighted by Gasteiger charge is -2.06. The van der Waals surface area contributed by atoms with Gasteiger partial charge in [-0.05, 0) is 30.7 Å². The van der Waals surface area contributed by atoms with Crippen molar-refractivity contribution >= 4 is 32.9 Å². The van der Waals surface area contributed by atoms with E-state index in [1.54, 1.807) is 7.11 Å². The van der Waals surface area contributed by atoms with Crippen molar-refractivity contribution in [3.05, 3.63) is 29.8 Å². The molecule has 1 atom stereocenters. The van der Waals surface area contributed by atoms with Crippen LogP contribution in [0.25, 0.3) is 0 Å². The quantitative estimate of drug-likeness (QED) is 0.627. The van der Waals surface area contributed by atoms with E-state index in [0.29, 0.717) is 4.83 Å². The van der Waals surface area contributed by atoms with Crippen LogP contribution in [0.3, 0.4) is 0 Å². The van der Waals surface area contributed by atoms with Crippen LogP contribution in [-0.2, 0) is 6.42 Å². The van der Waals surface area contributed by atoms with Crippen molar-refractivity contribution in [2.24, 2.45) is 0 Å². The molecule has 0 saturated carbocycles. The first-order valence-corrected chi connectivity index (χ1v) is 6.11. The summed E-state index contributed by atoms with van der Waals surface area (Å²) in [5.74, 6) is 0.917. The van der Waals surface area contributed by atoms with Gasteiger partial charge in [0.15, 0.2) is 0 Å². The summed E-state index contributed by atoms with van der Waals surface area (Å²) in [7, 11) is 1.69. The average molecular weight is 353 g/mol. The molecule has 0 aliphatic carbocycles. The molecule has 0 aliphatic rings. The minimum atomic E-state index is 0. The van der Waals surface area contributed by atoms with Crippen LogP contribution < -0.4 is 10.1 Å². The lowest BCUT2D eigenvalue weighted by molar-refractivity contribution is 0.414. The molecule has 0 spiro atoms. The van der Waals surface area contributed by atoms with E-state index in [9.17, 15) is 0 Å². The summed E-state index contributed by atoms with van der Waals surface area (Å²) < 4.78 is 5.10. The molecule has 0 aliphatic heterocycles. The summed E-state index contributed by atoms with van der Waals surface area (Å²) in [6.45, 7) is 4.17. The molecule has 1 rings (SSSR count). The Kier molecular flexibility index (Phi) is 8.99. The van der Waals surface area contributed by atoms with Gasteiger partial charge in [-0.25, -0.2) is 0 Å². The van der Waals surface area contributed by atoms with Crippen molar-refractivity contribution in [1.29, 1.82) is 0 Å². The van der Waals surface area contributed by atoms with Gasteiger partial charge in [-0.2, -0.15) is 0 Å². The van der Waals surface area contributed by atoms with Gasteiger partial charge in [0.2, 0.25) is 0 Å². The summed E-state index contributed by atoms with van der Waals surface area (Å²) in [4.78, 5) is 0.536. The molecule has 0 fully saturated rings. The summed E-state index contributed by atoms with van der Waals surface area (Å²) in [6, 6.07) is 8.22. The second kappa shape index (κ2) is 9.02. The second-order valence-electron chi connectivity index (χ2n) is 3.58. The Bertz CT molecular complexity index is 275. The second-order valence-corrected chi connectivity index (χ2v) is 5.15. The van der Waals surface area contributed by atoms with Crippen LogP contribution >= 0.6 is 32.9 Å². The molecule has 0 bridgehead atoms. The number of hydrogen-bond donors (Lipinski definition) is 1. The summed E-state index contributed by atoms with van der Waals surface area (Å²) >= 11 is 3.50. The lowest BCUT2D eigenvalue weighted by atomic mass is 10.1. The third-order valence-corrected chi connectivity index (χ3v) is 2.50. The normalized spacial score (nSPS) is 11.7. The zero-order valence-corrected chi connectivity index (χ0v) is 13.0. The van der Waals surface area contributed by atoms with Gasteiger partial charge in [0.25, 0.3) is 0 Å². The van der Waals surface area contributed by atoms with Gasteiger partial charge in [-0.1, -0.05) is 35.0 Å². The number of methoxy groups -OCH3 is 1. The van der Waals surface area contributed by atoms with Crippen LogP contribution in [0.15, 0.2) is 24.3 Å². The first-order valence-electron chi connectivity index (χ1n) is 5.20. The molecule has 16 heavy (non-hydrogen) atoms. The Labute approximate surface area is 117 Å². The Morgan fingerprint density at radius 1 is 1.31 bits per heavy atom. The van der Waals surface area contributed by atoms with Gasteiger partial charge >= 0.3 is 0 Å². The van der Waals surface area contributed by atoms with Crippen LogP contribution in [0, 0.1) is 0 Å². The largest absolute Gasteiger partial charge is 0.497 e. The zero-order chi connectivity index (χ0) is 11.1. The molecule has 4 heteroatoms. The first kappa shape index (κ1) is 15.9. The van der Waals surface area contributed by atoms with Crippen LogP contribution in [0.2, 0.25) is 0 Å². The molecule has 92 valence electrons. The van der Waals surface area contributed by atoms with E-state index in [4.69, 9.17) is 4.74 Å². The topological polar surface area (TPSA) is 21.3 Å². The van der Waals surface area contributed by atoms with Crippen molar-refractivity contribution in [2.45, 2.75) is 18.2 Å². The SMILES string of the molecule is Br.COc1ccc(CCNCC(C)Br)cc1. The molecule has 0 saturated heterocycles. The highest BCUT2D eigenvalue weighted by atomic mass is 79.9. The van der Waals surface area contributed by atoms with Crippen molar-refractivity contribution in [1.82, 2.24) is 5.32 Å². The van der Waals surface area contributed by atoms with Crippen LogP contribution in [0.4, 0.5) is 0 Å². The number of halogens is 2. The highest BCUT2D eigenvalue weighted by Gasteiger charge is 1.96. The van der Waals surface area contributed by atoms with E-state index in [1.165, 1.54) is 5.56 Å². The fraction of sp³-hybridized carbons (Fsp3) is 0.500. The Morgan fingerprint density at radius 2 is 1.94 bits per heavy atom. The maximum absolute atomic E-state index is 5.10. The number of alkyl halides is 1. The molecule has 1 aromatic rings. The molecule has 0 amide bonds. The molecule has 1 aromatic carbocycles. The fourth-order valence-corrected chi connectivity index (χ4v) is 1.55. The van der Waals surface area contributed by atoms with E-state index in [2.05, 4.69) is 40.3 Å². The number of rotatable bonds is 6. The highest BCUT2D eigenvalue weighted by Crippen LogP contribution is 2.11. The zero-order valence-electron chi connectivity index (χ0n) is 9.70. The van der Waals surface area contributed by atoms with E-state index in [0.717, 1.165) is 25.3 Å².